The van der Waals surface area contributed by atoms with Crippen LogP contribution in [0.2, 0.25) is 5.02 Å². The van der Waals surface area contributed by atoms with Gasteiger partial charge in [0.2, 0.25) is 0 Å². The molecule has 0 aliphatic rings. The molecule has 0 saturated carbocycles. The van der Waals surface area contributed by atoms with E-state index in [0.29, 0.717) is 16.3 Å². The van der Waals surface area contributed by atoms with E-state index < -0.39 is 6.10 Å². The molecule has 1 aromatic heterocycles. The summed E-state index contributed by atoms with van der Waals surface area (Å²) < 4.78 is 6.18. The summed E-state index contributed by atoms with van der Waals surface area (Å²) in [5.41, 5.74) is 0.675. The summed E-state index contributed by atoms with van der Waals surface area (Å²) in [5, 5.41) is 12.8. The van der Waals surface area contributed by atoms with E-state index in [2.05, 4.69) is 15.9 Å². The van der Waals surface area contributed by atoms with Gasteiger partial charge in [0.1, 0.15) is 11.9 Å². The van der Waals surface area contributed by atoms with Crippen molar-refractivity contribution in [2.24, 2.45) is 0 Å². The Morgan fingerprint density at radius 2 is 2.18 bits per heavy atom. The molecule has 0 aliphatic heterocycles. The molecule has 1 atom stereocenters. The highest BCUT2D eigenvalue weighted by atomic mass is 79.9. The maximum absolute atomic E-state index is 10.3. The van der Waals surface area contributed by atoms with Crippen LogP contribution in [0.4, 0.5) is 0 Å². The van der Waals surface area contributed by atoms with E-state index in [1.807, 2.05) is 11.4 Å². The van der Waals surface area contributed by atoms with Crippen LogP contribution in [0.5, 0.6) is 5.75 Å². The van der Waals surface area contributed by atoms with Gasteiger partial charge in [-0.3, -0.25) is 0 Å². The van der Waals surface area contributed by atoms with Crippen LogP contribution in [0.25, 0.3) is 0 Å². The highest BCUT2D eigenvalue weighted by molar-refractivity contribution is 9.10. The molecule has 0 fully saturated rings. The Kier molecular flexibility index (Phi) is 4.09. The lowest BCUT2D eigenvalue weighted by Crippen LogP contribution is -2.00. The third kappa shape index (κ3) is 2.83. The number of methoxy groups -OCH3 is 1. The molecule has 0 saturated heterocycles. The molecule has 0 spiro atoms. The zero-order chi connectivity index (χ0) is 12.4. The van der Waals surface area contributed by atoms with Crippen LogP contribution in [-0.4, -0.2) is 12.2 Å². The second-order valence-corrected chi connectivity index (χ2v) is 5.75. The molecule has 2 nitrogen and oxygen atoms in total. The van der Waals surface area contributed by atoms with Gasteiger partial charge in [-0.25, -0.2) is 0 Å². The average molecular weight is 334 g/mol. The smallest absolute Gasteiger partial charge is 0.125 e. The van der Waals surface area contributed by atoms with Gasteiger partial charge in [-0.05, 0) is 40.2 Å². The molecule has 2 rings (SSSR count). The van der Waals surface area contributed by atoms with E-state index in [0.717, 1.165) is 9.35 Å². The fourth-order valence-corrected chi connectivity index (χ4v) is 3.17. The van der Waals surface area contributed by atoms with Gasteiger partial charge in [0.15, 0.2) is 0 Å². The number of benzene rings is 1. The van der Waals surface area contributed by atoms with Gasteiger partial charge in [0.05, 0.1) is 7.11 Å². The first-order valence-corrected chi connectivity index (χ1v) is 6.92. The first-order chi connectivity index (χ1) is 8.11. The zero-order valence-electron chi connectivity index (χ0n) is 8.98. The van der Waals surface area contributed by atoms with Crippen LogP contribution < -0.4 is 4.74 Å². The molecule has 0 aliphatic carbocycles. The van der Waals surface area contributed by atoms with Gasteiger partial charge in [-0.1, -0.05) is 11.6 Å². The molecule has 0 amide bonds. The second kappa shape index (κ2) is 5.40. The van der Waals surface area contributed by atoms with Crippen molar-refractivity contribution in [2.75, 3.05) is 7.11 Å². The topological polar surface area (TPSA) is 29.5 Å². The van der Waals surface area contributed by atoms with Crippen molar-refractivity contribution in [2.45, 2.75) is 6.10 Å². The van der Waals surface area contributed by atoms with E-state index >= 15 is 0 Å². The van der Waals surface area contributed by atoms with Crippen LogP contribution in [-0.2, 0) is 0 Å². The number of hydrogen-bond acceptors (Lipinski definition) is 3. The van der Waals surface area contributed by atoms with Crippen molar-refractivity contribution >= 4 is 38.9 Å². The number of halogens is 2. The Bertz CT molecular complexity index is 527. The number of hydrogen-bond donors (Lipinski definition) is 1. The van der Waals surface area contributed by atoms with Gasteiger partial charge in [-0.2, -0.15) is 0 Å². The number of aliphatic hydroxyl groups is 1. The molecule has 17 heavy (non-hydrogen) atoms. The summed E-state index contributed by atoms with van der Waals surface area (Å²) in [4.78, 5) is 0.845. The predicted molar refractivity (Wildman–Crippen MR) is 74.1 cm³/mol. The minimum absolute atomic E-state index is 0.579. The van der Waals surface area contributed by atoms with Crippen LogP contribution in [0.1, 0.15) is 16.5 Å². The lowest BCUT2D eigenvalue weighted by atomic mass is 10.1. The average Bonchev–Trinajstić information content (AvgIpc) is 2.75. The van der Waals surface area contributed by atoms with Gasteiger partial charge >= 0.3 is 0 Å². The van der Waals surface area contributed by atoms with Crippen molar-refractivity contribution in [3.63, 3.8) is 0 Å². The highest BCUT2D eigenvalue weighted by Gasteiger charge is 2.17. The summed E-state index contributed by atoms with van der Waals surface area (Å²) in [5.74, 6) is 0.631. The van der Waals surface area contributed by atoms with Crippen molar-refractivity contribution in [1.29, 1.82) is 0 Å². The zero-order valence-corrected chi connectivity index (χ0v) is 12.1. The summed E-state index contributed by atoms with van der Waals surface area (Å²) in [7, 11) is 1.57. The van der Waals surface area contributed by atoms with Crippen LogP contribution in [0, 0.1) is 0 Å². The Hall–Kier alpha value is -0.550. The first-order valence-electron chi connectivity index (χ1n) is 4.87. The van der Waals surface area contributed by atoms with E-state index in [-0.39, 0.29) is 0 Å². The lowest BCUT2D eigenvalue weighted by molar-refractivity contribution is 0.218. The van der Waals surface area contributed by atoms with Gasteiger partial charge < -0.3 is 9.84 Å². The maximum Gasteiger partial charge on any atom is 0.125 e. The molecule has 90 valence electrons. The molecular weight excluding hydrogens is 324 g/mol. The van der Waals surface area contributed by atoms with Crippen molar-refractivity contribution in [1.82, 2.24) is 0 Å². The number of ether oxygens (including phenoxy) is 1. The van der Waals surface area contributed by atoms with E-state index in [1.165, 1.54) is 11.3 Å². The molecule has 1 aromatic carbocycles. The quantitative estimate of drug-likeness (QED) is 0.909. The predicted octanol–water partition coefficient (Wildman–Crippen LogP) is 4.25. The molecular formula is C12H10BrClO2S. The molecule has 2 aromatic rings. The molecule has 1 heterocycles. The molecule has 1 N–H and O–H groups in total. The second-order valence-electron chi connectivity index (χ2n) is 3.46. The van der Waals surface area contributed by atoms with Crippen molar-refractivity contribution in [3.05, 3.63) is 49.6 Å². The first kappa shape index (κ1) is 12.9. The van der Waals surface area contributed by atoms with E-state index in [4.69, 9.17) is 16.3 Å². The minimum Gasteiger partial charge on any atom is -0.496 e. The lowest BCUT2D eigenvalue weighted by Gasteiger charge is -2.13. The van der Waals surface area contributed by atoms with Crippen LogP contribution >= 0.6 is 38.9 Å². The largest absolute Gasteiger partial charge is 0.496 e. The minimum atomic E-state index is -0.722. The van der Waals surface area contributed by atoms with E-state index in [9.17, 15) is 5.11 Å². The summed E-state index contributed by atoms with van der Waals surface area (Å²) in [6.07, 6.45) is -0.722. The fourth-order valence-electron chi connectivity index (χ4n) is 1.54. The van der Waals surface area contributed by atoms with Crippen molar-refractivity contribution in [3.8, 4) is 5.75 Å². The molecule has 0 radical (unpaired) electrons. The van der Waals surface area contributed by atoms with E-state index in [1.54, 1.807) is 25.3 Å². The number of thiophene rings is 1. The Morgan fingerprint density at radius 1 is 1.41 bits per heavy atom. The Balaban J connectivity index is 2.42. The fraction of sp³-hybridized carbons (Fsp3) is 0.167. The third-order valence-corrected chi connectivity index (χ3v) is 4.32. The molecule has 5 heteroatoms. The molecule has 0 bridgehead atoms. The van der Waals surface area contributed by atoms with Crippen LogP contribution in [0.3, 0.4) is 0 Å². The number of aliphatic hydroxyl groups excluding tert-OH is 1. The Labute approximate surface area is 117 Å². The summed E-state index contributed by atoms with van der Waals surface area (Å²) in [6, 6.07) is 7.10. The normalized spacial score (nSPS) is 12.5. The maximum atomic E-state index is 10.3. The van der Waals surface area contributed by atoms with Gasteiger partial charge in [0.25, 0.3) is 0 Å². The summed E-state index contributed by atoms with van der Waals surface area (Å²) in [6.45, 7) is 0. The van der Waals surface area contributed by atoms with Gasteiger partial charge in [-0.15, -0.1) is 11.3 Å². The molecule has 1 unspecified atom stereocenters. The highest BCUT2D eigenvalue weighted by Crippen LogP contribution is 2.35. The van der Waals surface area contributed by atoms with Crippen LogP contribution in [0.15, 0.2) is 34.1 Å². The SMILES string of the molecule is COc1ccc(Cl)cc1C(O)c1cc(Br)cs1. The monoisotopic (exact) mass is 332 g/mol. The summed E-state index contributed by atoms with van der Waals surface area (Å²) >= 11 is 10.8. The third-order valence-electron chi connectivity index (χ3n) is 2.34. The van der Waals surface area contributed by atoms with Crippen molar-refractivity contribution < 1.29 is 9.84 Å². The standard InChI is InChI=1S/C12H10BrClO2S/c1-16-10-3-2-8(14)5-9(10)12(15)11-4-7(13)6-17-11/h2-6,12,15H,1H3. The Morgan fingerprint density at radius 3 is 2.76 bits per heavy atom. The van der Waals surface area contributed by atoms with Gasteiger partial charge in [0, 0.05) is 25.3 Å². The number of rotatable bonds is 3.